The molecule has 0 unspecified atom stereocenters. The Hall–Kier alpha value is -2.79. The van der Waals surface area contributed by atoms with Gasteiger partial charge in [-0.1, -0.05) is 37.6 Å². The van der Waals surface area contributed by atoms with Crippen LogP contribution in [0.4, 0.5) is 0 Å². The Balaban J connectivity index is 1.75. The van der Waals surface area contributed by atoms with E-state index in [2.05, 4.69) is 24.9 Å². The van der Waals surface area contributed by atoms with Gasteiger partial charge in [-0.25, -0.2) is 8.42 Å². The first-order chi connectivity index (χ1) is 16.5. The molecule has 0 atom stereocenters. The Morgan fingerprint density at radius 2 is 1.77 bits per heavy atom. The quantitative estimate of drug-likeness (QED) is 0.312. The van der Waals surface area contributed by atoms with Gasteiger partial charge in [0, 0.05) is 17.9 Å². The predicted octanol–water partition coefficient (Wildman–Crippen LogP) is 5.67. The minimum atomic E-state index is -3.16. The van der Waals surface area contributed by atoms with E-state index >= 15 is 0 Å². The van der Waals surface area contributed by atoms with E-state index in [1.807, 2.05) is 30.3 Å². The number of nitrogens with zero attached hydrogens (tertiary/aromatic N) is 2. The van der Waals surface area contributed by atoms with Gasteiger partial charge in [-0.2, -0.15) is 5.26 Å². The van der Waals surface area contributed by atoms with Crippen LogP contribution in [0, 0.1) is 11.3 Å². The monoisotopic (exact) mass is 532 g/mol. The highest BCUT2D eigenvalue weighted by atomic mass is 35.5. The van der Waals surface area contributed by atoms with E-state index in [1.165, 1.54) is 6.26 Å². The molecule has 0 N–H and O–H groups in total. The van der Waals surface area contributed by atoms with Gasteiger partial charge in [0.2, 0.25) is 0 Å². The van der Waals surface area contributed by atoms with Crippen LogP contribution in [-0.4, -0.2) is 32.1 Å². The van der Waals surface area contributed by atoms with Crippen molar-refractivity contribution < 1.29 is 17.9 Å². The average Bonchev–Trinajstić information content (AvgIpc) is 2.81. The molecule has 9 heteroatoms. The smallest absolute Gasteiger partial charge is 0.155 e. The lowest BCUT2D eigenvalue weighted by atomic mass is 9.77. The van der Waals surface area contributed by atoms with Crippen LogP contribution in [0.15, 0.2) is 54.7 Å². The summed E-state index contributed by atoms with van der Waals surface area (Å²) in [4.78, 5) is 4.11. The number of hydrogen-bond acceptors (Lipinski definition) is 6. The van der Waals surface area contributed by atoms with E-state index in [0.717, 1.165) is 16.7 Å². The Bertz CT molecular complexity index is 1330. The molecular weight excluding hydrogens is 507 g/mol. The molecule has 1 heterocycles. The van der Waals surface area contributed by atoms with Crippen molar-refractivity contribution in [1.82, 2.24) is 4.98 Å². The van der Waals surface area contributed by atoms with Crippen LogP contribution in [0.3, 0.4) is 0 Å². The number of benzene rings is 2. The molecule has 0 aliphatic rings. The van der Waals surface area contributed by atoms with E-state index in [0.29, 0.717) is 33.7 Å². The molecule has 0 bridgehead atoms. The molecule has 0 saturated carbocycles. The number of halogens is 2. The number of hydrogen-bond donors (Lipinski definition) is 0. The van der Waals surface area contributed by atoms with Crippen LogP contribution in [-0.2, 0) is 27.6 Å². The summed E-state index contributed by atoms with van der Waals surface area (Å²) < 4.78 is 34.5. The Labute approximate surface area is 216 Å². The molecular formula is C26H26Cl2N2O4S. The van der Waals surface area contributed by atoms with Crippen LogP contribution in [0.25, 0.3) is 0 Å². The predicted molar refractivity (Wildman–Crippen MR) is 138 cm³/mol. The zero-order valence-corrected chi connectivity index (χ0v) is 22.0. The van der Waals surface area contributed by atoms with E-state index in [1.54, 1.807) is 24.4 Å². The highest BCUT2D eigenvalue weighted by Crippen LogP contribution is 2.38. The van der Waals surface area contributed by atoms with Gasteiger partial charge >= 0.3 is 0 Å². The van der Waals surface area contributed by atoms with Crippen molar-refractivity contribution in [2.75, 3.05) is 18.7 Å². The molecule has 0 radical (unpaired) electrons. The zero-order chi connectivity index (χ0) is 25.6. The molecule has 3 rings (SSSR count). The minimum Gasteiger partial charge on any atom is -0.489 e. The highest BCUT2D eigenvalue weighted by molar-refractivity contribution is 7.89. The van der Waals surface area contributed by atoms with Gasteiger partial charge in [0.25, 0.3) is 0 Å². The number of pyridine rings is 1. The molecule has 35 heavy (non-hydrogen) atoms. The Morgan fingerprint density at radius 1 is 1.06 bits per heavy atom. The van der Waals surface area contributed by atoms with Gasteiger partial charge in [0.15, 0.2) is 15.6 Å². The van der Waals surface area contributed by atoms with Crippen LogP contribution < -0.4 is 9.47 Å². The second-order valence-corrected chi connectivity index (χ2v) is 11.6. The maximum Gasteiger partial charge on any atom is 0.155 e. The summed E-state index contributed by atoms with van der Waals surface area (Å²) in [6.45, 7) is 4.65. The molecule has 0 aliphatic heterocycles. The molecule has 6 nitrogen and oxygen atoms in total. The second-order valence-electron chi connectivity index (χ2n) is 8.65. The molecule has 0 amide bonds. The lowest BCUT2D eigenvalue weighted by Crippen LogP contribution is -2.19. The lowest BCUT2D eigenvalue weighted by Gasteiger charge is -2.27. The van der Waals surface area contributed by atoms with Gasteiger partial charge in [-0.3, -0.25) is 4.98 Å². The largest absolute Gasteiger partial charge is 0.489 e. The summed E-state index contributed by atoms with van der Waals surface area (Å²) in [7, 11) is -3.16. The summed E-state index contributed by atoms with van der Waals surface area (Å²) in [5.41, 5.74) is 3.13. The molecule has 0 aliphatic carbocycles. The number of nitriles is 1. The molecule has 184 valence electrons. The highest BCUT2D eigenvalue weighted by Gasteiger charge is 2.26. The van der Waals surface area contributed by atoms with E-state index < -0.39 is 15.3 Å². The van der Waals surface area contributed by atoms with Gasteiger partial charge in [0.1, 0.15) is 25.0 Å². The summed E-state index contributed by atoms with van der Waals surface area (Å²) >= 11 is 12.1. The van der Waals surface area contributed by atoms with Gasteiger partial charge in [0.05, 0.1) is 27.9 Å². The first kappa shape index (κ1) is 26.8. The molecule has 0 fully saturated rings. The Morgan fingerprint density at radius 3 is 2.40 bits per heavy atom. The fourth-order valence-corrected chi connectivity index (χ4v) is 4.64. The maximum atomic E-state index is 11.5. The molecule has 1 aromatic heterocycles. The van der Waals surface area contributed by atoms with Gasteiger partial charge in [-0.15, -0.1) is 11.6 Å². The van der Waals surface area contributed by atoms with E-state index in [4.69, 9.17) is 32.7 Å². The van der Waals surface area contributed by atoms with Crippen molar-refractivity contribution >= 4 is 33.0 Å². The number of sulfone groups is 1. The summed E-state index contributed by atoms with van der Waals surface area (Å²) in [5.74, 6) is 1.20. The second kappa shape index (κ2) is 11.3. The van der Waals surface area contributed by atoms with Crippen molar-refractivity contribution in [2.24, 2.45) is 0 Å². The van der Waals surface area contributed by atoms with Gasteiger partial charge in [-0.05, 0) is 53.1 Å². The third-order valence-electron chi connectivity index (χ3n) is 5.48. The first-order valence-electron chi connectivity index (χ1n) is 10.8. The van der Waals surface area contributed by atoms with E-state index in [9.17, 15) is 13.7 Å². The first-order valence-corrected chi connectivity index (χ1v) is 13.8. The molecule has 0 spiro atoms. The third kappa shape index (κ3) is 7.11. The van der Waals surface area contributed by atoms with Crippen LogP contribution in [0.1, 0.15) is 41.8 Å². The normalized spacial score (nSPS) is 11.7. The minimum absolute atomic E-state index is 0.109. The van der Waals surface area contributed by atoms with Crippen LogP contribution >= 0.6 is 23.2 Å². The topological polar surface area (TPSA) is 89.3 Å². The number of alkyl halides is 1. The van der Waals surface area contributed by atoms with Crippen LogP contribution in [0.2, 0.25) is 5.02 Å². The number of aromatic nitrogens is 1. The number of rotatable bonds is 10. The zero-order valence-electron chi connectivity index (χ0n) is 19.7. The third-order valence-corrected chi connectivity index (χ3v) is 6.74. The Kier molecular flexibility index (Phi) is 8.65. The average molecular weight is 533 g/mol. The van der Waals surface area contributed by atoms with E-state index in [-0.39, 0.29) is 19.0 Å². The fraction of sp³-hybridized carbons (Fsp3) is 0.308. The van der Waals surface area contributed by atoms with Crippen molar-refractivity contribution in [3.8, 4) is 17.6 Å². The van der Waals surface area contributed by atoms with Crippen molar-refractivity contribution in [3.05, 3.63) is 87.7 Å². The van der Waals surface area contributed by atoms with Gasteiger partial charge < -0.3 is 9.47 Å². The molecule has 2 aromatic carbocycles. The summed E-state index contributed by atoms with van der Waals surface area (Å²) in [6, 6.07) is 17.0. The summed E-state index contributed by atoms with van der Waals surface area (Å²) in [6.07, 6.45) is 2.76. The van der Waals surface area contributed by atoms with Crippen molar-refractivity contribution in [1.29, 1.82) is 5.26 Å². The molecule has 3 aromatic rings. The standard InChI is InChI=1S/C26H26Cl2N2O4S/c1-26(2,21-13-19(15-29)25(24(28)14-21)33-11-9-27)20-4-6-23(7-5-20)34-16-18-8-10-30-22(12-18)17-35(3,31)32/h4-8,10,12-14H,9,11,16-17H2,1-3H3. The number of ether oxygens (including phenoxy) is 2. The molecule has 0 saturated heterocycles. The van der Waals surface area contributed by atoms with Crippen molar-refractivity contribution in [3.63, 3.8) is 0 Å². The summed E-state index contributed by atoms with van der Waals surface area (Å²) in [5, 5.41) is 9.96. The van der Waals surface area contributed by atoms with Crippen molar-refractivity contribution in [2.45, 2.75) is 31.6 Å². The maximum absolute atomic E-state index is 11.5. The van der Waals surface area contributed by atoms with Crippen LogP contribution in [0.5, 0.6) is 11.5 Å². The lowest BCUT2D eigenvalue weighted by molar-refractivity contribution is 0.306. The fourth-order valence-electron chi connectivity index (χ4n) is 3.59. The SMILES string of the molecule is CC(C)(c1ccc(OCc2ccnc(CS(C)(=O)=O)c2)cc1)c1cc(Cl)c(OCCCl)c(C#N)c1.